The number of hydrogen-bond acceptors (Lipinski definition) is 2. The minimum atomic E-state index is 0.509. The first-order valence-corrected chi connectivity index (χ1v) is 4.79. The molecule has 1 atom stereocenters. The van der Waals surface area contributed by atoms with Gasteiger partial charge in [-0.25, -0.2) is 0 Å². The van der Waals surface area contributed by atoms with Crippen molar-refractivity contribution in [2.24, 2.45) is 5.92 Å². The van der Waals surface area contributed by atoms with Crippen LogP contribution in [0.2, 0.25) is 0 Å². The van der Waals surface area contributed by atoms with Gasteiger partial charge < -0.3 is 5.32 Å². The summed E-state index contributed by atoms with van der Waals surface area (Å²) in [6.07, 6.45) is 4.76. The van der Waals surface area contributed by atoms with Gasteiger partial charge in [-0.3, -0.25) is 4.90 Å². The summed E-state index contributed by atoms with van der Waals surface area (Å²) in [5, 5.41) is 3.40. The van der Waals surface area contributed by atoms with E-state index in [0.717, 1.165) is 6.54 Å². The molecule has 0 spiro atoms. The molecule has 0 bridgehead atoms. The fraction of sp³-hybridized carbons (Fsp3) is 0.800. The molecule has 0 saturated carbocycles. The van der Waals surface area contributed by atoms with Crippen LogP contribution < -0.4 is 5.32 Å². The van der Waals surface area contributed by atoms with Crippen LogP contribution in [0.5, 0.6) is 0 Å². The van der Waals surface area contributed by atoms with Gasteiger partial charge in [-0.05, 0) is 26.0 Å². The summed E-state index contributed by atoms with van der Waals surface area (Å²) in [5.41, 5.74) is 0. The van der Waals surface area contributed by atoms with Gasteiger partial charge in [0.2, 0.25) is 0 Å². The van der Waals surface area contributed by atoms with Gasteiger partial charge in [0.05, 0.1) is 6.17 Å². The van der Waals surface area contributed by atoms with Crippen LogP contribution >= 0.6 is 0 Å². The molecular weight excluding hydrogens is 148 g/mol. The number of rotatable bonds is 2. The second kappa shape index (κ2) is 3.94. The van der Waals surface area contributed by atoms with Gasteiger partial charge in [-0.1, -0.05) is 19.9 Å². The topological polar surface area (TPSA) is 15.3 Å². The van der Waals surface area contributed by atoms with E-state index in [4.69, 9.17) is 0 Å². The highest BCUT2D eigenvalue weighted by molar-refractivity contribution is 4.94. The smallest absolute Gasteiger partial charge is 0.0816 e. The van der Waals surface area contributed by atoms with Crippen molar-refractivity contribution >= 4 is 0 Å². The third-order valence-corrected chi connectivity index (χ3v) is 2.35. The molecule has 0 aromatic rings. The molecule has 0 aromatic heterocycles. The lowest BCUT2D eigenvalue weighted by Gasteiger charge is -2.39. The van der Waals surface area contributed by atoms with E-state index in [1.54, 1.807) is 0 Å². The molecule has 1 aliphatic rings. The van der Waals surface area contributed by atoms with E-state index < -0.39 is 0 Å². The average Bonchev–Trinajstić information content (AvgIpc) is 2.04. The van der Waals surface area contributed by atoms with Gasteiger partial charge in [0, 0.05) is 12.6 Å². The van der Waals surface area contributed by atoms with Crippen molar-refractivity contribution in [2.45, 2.75) is 39.9 Å². The molecule has 1 N–H and O–H groups in total. The van der Waals surface area contributed by atoms with Crippen LogP contribution in [-0.2, 0) is 0 Å². The van der Waals surface area contributed by atoms with Gasteiger partial charge in [0.15, 0.2) is 0 Å². The van der Waals surface area contributed by atoms with Crippen molar-refractivity contribution in [1.82, 2.24) is 10.2 Å². The van der Waals surface area contributed by atoms with Crippen molar-refractivity contribution in [2.75, 3.05) is 6.54 Å². The summed E-state index contributed by atoms with van der Waals surface area (Å²) in [6.45, 7) is 10.1. The highest BCUT2D eigenvalue weighted by Crippen LogP contribution is 2.14. The Morgan fingerprint density at radius 1 is 1.33 bits per heavy atom. The second-order valence-electron chi connectivity index (χ2n) is 4.05. The number of hydrogen-bond donors (Lipinski definition) is 1. The minimum absolute atomic E-state index is 0.509. The van der Waals surface area contributed by atoms with Crippen LogP contribution in [0.25, 0.3) is 0 Å². The van der Waals surface area contributed by atoms with Gasteiger partial charge in [-0.15, -0.1) is 0 Å². The van der Waals surface area contributed by atoms with Crippen molar-refractivity contribution in [3.8, 4) is 0 Å². The zero-order valence-electron chi connectivity index (χ0n) is 8.54. The van der Waals surface area contributed by atoms with Crippen LogP contribution in [0, 0.1) is 5.92 Å². The molecule has 0 fully saturated rings. The first-order chi connectivity index (χ1) is 5.63. The molecule has 0 aliphatic carbocycles. The molecule has 1 heterocycles. The van der Waals surface area contributed by atoms with E-state index in [1.807, 2.05) is 0 Å². The summed E-state index contributed by atoms with van der Waals surface area (Å²) >= 11 is 0. The Bertz CT molecular complexity index is 143. The highest BCUT2D eigenvalue weighted by atomic mass is 15.3. The summed E-state index contributed by atoms with van der Waals surface area (Å²) in [5.74, 6) is 0.664. The molecule has 1 rings (SSSR count). The van der Waals surface area contributed by atoms with Crippen molar-refractivity contribution in [3.63, 3.8) is 0 Å². The summed E-state index contributed by atoms with van der Waals surface area (Å²) in [6, 6.07) is 0.620. The molecule has 2 heteroatoms. The molecule has 2 nitrogen and oxygen atoms in total. The third kappa shape index (κ3) is 2.01. The maximum atomic E-state index is 3.40. The SMILES string of the molecule is CC(C)C1NC=CCN1C(C)C. The van der Waals surface area contributed by atoms with Crippen LogP contribution in [0.15, 0.2) is 12.3 Å². The van der Waals surface area contributed by atoms with Crippen molar-refractivity contribution < 1.29 is 0 Å². The lowest BCUT2D eigenvalue weighted by atomic mass is 10.1. The minimum Gasteiger partial charge on any atom is -0.376 e. The maximum Gasteiger partial charge on any atom is 0.0816 e. The third-order valence-electron chi connectivity index (χ3n) is 2.35. The van der Waals surface area contributed by atoms with Gasteiger partial charge >= 0.3 is 0 Å². The monoisotopic (exact) mass is 168 g/mol. The fourth-order valence-corrected chi connectivity index (χ4v) is 1.66. The van der Waals surface area contributed by atoms with E-state index in [2.05, 4.69) is 50.2 Å². The summed E-state index contributed by atoms with van der Waals surface area (Å²) in [4.78, 5) is 2.48. The standard InChI is InChI=1S/C10H20N2/c1-8(2)10-11-6-5-7-12(10)9(3)4/h5-6,8-11H,7H2,1-4H3. The van der Waals surface area contributed by atoms with Gasteiger partial charge in [0.25, 0.3) is 0 Å². The lowest BCUT2D eigenvalue weighted by Crippen LogP contribution is -2.52. The van der Waals surface area contributed by atoms with E-state index in [1.165, 1.54) is 0 Å². The predicted octanol–water partition coefficient (Wildman–Crippen LogP) is 1.80. The molecule has 0 amide bonds. The largest absolute Gasteiger partial charge is 0.376 e. The van der Waals surface area contributed by atoms with Crippen molar-refractivity contribution in [1.29, 1.82) is 0 Å². The van der Waals surface area contributed by atoms with E-state index in [0.29, 0.717) is 18.1 Å². The van der Waals surface area contributed by atoms with Crippen LogP contribution in [0.4, 0.5) is 0 Å². The molecule has 0 saturated heterocycles. The summed E-state index contributed by atoms with van der Waals surface area (Å²) in [7, 11) is 0. The Hall–Kier alpha value is -0.500. The Morgan fingerprint density at radius 2 is 2.00 bits per heavy atom. The normalized spacial score (nSPS) is 25.0. The van der Waals surface area contributed by atoms with E-state index >= 15 is 0 Å². The Balaban J connectivity index is 2.63. The van der Waals surface area contributed by atoms with Gasteiger partial charge in [0.1, 0.15) is 0 Å². The Kier molecular flexibility index (Phi) is 3.15. The van der Waals surface area contributed by atoms with Gasteiger partial charge in [-0.2, -0.15) is 0 Å². The fourth-order valence-electron chi connectivity index (χ4n) is 1.66. The second-order valence-corrected chi connectivity index (χ2v) is 4.05. The van der Waals surface area contributed by atoms with Crippen LogP contribution in [0.3, 0.4) is 0 Å². The van der Waals surface area contributed by atoms with E-state index in [9.17, 15) is 0 Å². The van der Waals surface area contributed by atoms with Crippen LogP contribution in [-0.4, -0.2) is 23.7 Å². The lowest BCUT2D eigenvalue weighted by molar-refractivity contribution is 0.108. The summed E-state index contributed by atoms with van der Waals surface area (Å²) < 4.78 is 0. The first kappa shape index (κ1) is 9.59. The molecule has 1 aliphatic heterocycles. The van der Waals surface area contributed by atoms with Crippen molar-refractivity contribution in [3.05, 3.63) is 12.3 Å². The number of nitrogens with one attached hydrogen (secondary N) is 1. The molecule has 0 radical (unpaired) electrons. The molecular formula is C10H20N2. The quantitative estimate of drug-likeness (QED) is 0.676. The average molecular weight is 168 g/mol. The molecule has 1 unspecified atom stereocenters. The molecule has 70 valence electrons. The first-order valence-electron chi connectivity index (χ1n) is 4.79. The molecule has 0 aromatic carbocycles. The predicted molar refractivity (Wildman–Crippen MR) is 52.7 cm³/mol. The zero-order valence-corrected chi connectivity index (χ0v) is 8.54. The van der Waals surface area contributed by atoms with Crippen LogP contribution in [0.1, 0.15) is 27.7 Å². The Morgan fingerprint density at radius 3 is 2.42 bits per heavy atom. The Labute approximate surface area is 75.6 Å². The highest BCUT2D eigenvalue weighted by Gasteiger charge is 2.23. The van der Waals surface area contributed by atoms with E-state index in [-0.39, 0.29) is 0 Å². The zero-order chi connectivity index (χ0) is 9.14. The molecule has 12 heavy (non-hydrogen) atoms. The number of nitrogens with zero attached hydrogens (tertiary/aromatic N) is 1. The maximum absolute atomic E-state index is 3.40.